The van der Waals surface area contributed by atoms with Crippen LogP contribution in [0.2, 0.25) is 0 Å². The Morgan fingerprint density at radius 3 is 1.57 bits per heavy atom. The molecule has 14 heavy (non-hydrogen) atoms. The van der Waals surface area contributed by atoms with Crippen LogP contribution in [0.4, 0.5) is 0 Å². The summed E-state index contributed by atoms with van der Waals surface area (Å²) in [6.45, 7) is 12.2. The molecular formula is C13H29N. The van der Waals surface area contributed by atoms with E-state index in [0.717, 1.165) is 11.8 Å². The van der Waals surface area contributed by atoms with Crippen molar-refractivity contribution in [1.29, 1.82) is 0 Å². The number of likely N-dealkylation sites (tertiary alicyclic amines) is 1. The fourth-order valence-corrected chi connectivity index (χ4v) is 2.86. The zero-order valence-electron chi connectivity index (χ0n) is 9.93. The van der Waals surface area contributed by atoms with E-state index in [4.69, 9.17) is 0 Å². The minimum Gasteiger partial charge on any atom is -0.306 e. The summed E-state index contributed by atoms with van der Waals surface area (Å²) in [5.74, 6) is 1.67. The second kappa shape index (κ2) is 5.16. The highest BCUT2D eigenvalue weighted by Gasteiger charge is 2.38. The van der Waals surface area contributed by atoms with E-state index in [2.05, 4.69) is 39.6 Å². The van der Waals surface area contributed by atoms with Crippen LogP contribution in [0.25, 0.3) is 0 Å². The van der Waals surface area contributed by atoms with Crippen LogP contribution >= 0.6 is 0 Å². The minimum absolute atomic E-state index is 0. The summed E-state index contributed by atoms with van der Waals surface area (Å²) in [7, 11) is 2.24. The van der Waals surface area contributed by atoms with Crippen LogP contribution in [0.1, 0.15) is 48.0 Å². The Labute approximate surface area is 90.9 Å². The molecule has 1 fully saturated rings. The van der Waals surface area contributed by atoms with Crippen molar-refractivity contribution >= 4 is 0 Å². The third kappa shape index (κ3) is 2.50. The van der Waals surface area contributed by atoms with E-state index in [1.165, 1.54) is 25.9 Å². The summed E-state index contributed by atoms with van der Waals surface area (Å²) in [5.41, 5.74) is 0.618. The van der Waals surface area contributed by atoms with Crippen molar-refractivity contribution in [2.75, 3.05) is 20.1 Å². The maximum Gasteiger partial charge on any atom is -0.00163 e. The average Bonchev–Trinajstić information content (AvgIpc) is 2.04. The molecule has 1 rings (SSSR count). The van der Waals surface area contributed by atoms with Crippen molar-refractivity contribution in [3.8, 4) is 0 Å². The Kier molecular flexibility index (Phi) is 5.14. The van der Waals surface area contributed by atoms with Gasteiger partial charge in [0.2, 0.25) is 0 Å². The van der Waals surface area contributed by atoms with E-state index in [1.807, 2.05) is 0 Å². The lowest BCUT2D eigenvalue weighted by Gasteiger charge is -2.47. The number of hydrogen-bond donors (Lipinski definition) is 0. The summed E-state index contributed by atoms with van der Waals surface area (Å²) < 4.78 is 0. The quantitative estimate of drug-likeness (QED) is 0.656. The first kappa shape index (κ1) is 14.0. The minimum atomic E-state index is 0. The summed E-state index contributed by atoms with van der Waals surface area (Å²) in [4.78, 5) is 2.46. The first-order valence-electron chi connectivity index (χ1n) is 5.67. The Morgan fingerprint density at radius 2 is 1.29 bits per heavy atom. The molecule has 1 aliphatic rings. The fourth-order valence-electron chi connectivity index (χ4n) is 2.86. The van der Waals surface area contributed by atoms with Gasteiger partial charge in [0.05, 0.1) is 0 Å². The molecule has 1 heterocycles. The summed E-state index contributed by atoms with van der Waals surface area (Å²) in [6, 6.07) is 0. The lowest BCUT2D eigenvalue weighted by molar-refractivity contribution is 0.0282. The van der Waals surface area contributed by atoms with Crippen molar-refractivity contribution in [3.05, 3.63) is 0 Å². The lowest BCUT2D eigenvalue weighted by Crippen LogP contribution is -2.44. The first-order chi connectivity index (χ1) is 5.99. The number of hydrogen-bond acceptors (Lipinski definition) is 1. The van der Waals surface area contributed by atoms with Gasteiger partial charge in [-0.1, -0.05) is 35.1 Å². The SMILES string of the molecule is C.CC(C)C1(C(C)C)CCN(C)CC1. The molecule has 0 bridgehead atoms. The van der Waals surface area contributed by atoms with E-state index in [-0.39, 0.29) is 7.43 Å². The van der Waals surface area contributed by atoms with Crippen molar-refractivity contribution in [1.82, 2.24) is 4.90 Å². The van der Waals surface area contributed by atoms with Crippen LogP contribution in [0, 0.1) is 17.3 Å². The topological polar surface area (TPSA) is 3.24 Å². The molecule has 0 aromatic heterocycles. The van der Waals surface area contributed by atoms with Crippen LogP contribution in [-0.2, 0) is 0 Å². The van der Waals surface area contributed by atoms with Crippen molar-refractivity contribution in [2.24, 2.45) is 17.3 Å². The second-order valence-electron chi connectivity index (χ2n) is 5.35. The van der Waals surface area contributed by atoms with Gasteiger partial charge in [-0.3, -0.25) is 0 Å². The van der Waals surface area contributed by atoms with Crippen LogP contribution in [0.5, 0.6) is 0 Å². The second-order valence-corrected chi connectivity index (χ2v) is 5.35. The van der Waals surface area contributed by atoms with Gasteiger partial charge in [-0.15, -0.1) is 0 Å². The molecule has 1 aliphatic heterocycles. The Balaban J connectivity index is 0.00000169. The molecule has 1 nitrogen and oxygen atoms in total. The number of nitrogens with zero attached hydrogens (tertiary/aromatic N) is 1. The predicted molar refractivity (Wildman–Crippen MR) is 65.6 cm³/mol. The molecule has 0 unspecified atom stereocenters. The van der Waals surface area contributed by atoms with E-state index >= 15 is 0 Å². The molecule has 0 atom stereocenters. The normalized spacial score (nSPS) is 22.5. The molecule has 0 N–H and O–H groups in total. The van der Waals surface area contributed by atoms with E-state index in [0.29, 0.717) is 5.41 Å². The lowest BCUT2D eigenvalue weighted by atomic mass is 9.63. The summed E-state index contributed by atoms with van der Waals surface area (Å²) in [5, 5.41) is 0. The molecule has 0 spiro atoms. The zero-order chi connectivity index (χ0) is 10.1. The van der Waals surface area contributed by atoms with Crippen LogP contribution in [-0.4, -0.2) is 25.0 Å². The van der Waals surface area contributed by atoms with Crippen LogP contribution in [0.3, 0.4) is 0 Å². The molecule has 0 aliphatic carbocycles. The van der Waals surface area contributed by atoms with E-state index in [1.54, 1.807) is 0 Å². The number of rotatable bonds is 2. The van der Waals surface area contributed by atoms with Crippen LogP contribution < -0.4 is 0 Å². The summed E-state index contributed by atoms with van der Waals surface area (Å²) in [6.07, 6.45) is 2.78. The van der Waals surface area contributed by atoms with E-state index < -0.39 is 0 Å². The van der Waals surface area contributed by atoms with Crippen molar-refractivity contribution in [3.63, 3.8) is 0 Å². The number of piperidine rings is 1. The van der Waals surface area contributed by atoms with E-state index in [9.17, 15) is 0 Å². The summed E-state index contributed by atoms with van der Waals surface area (Å²) >= 11 is 0. The zero-order valence-corrected chi connectivity index (χ0v) is 9.93. The smallest absolute Gasteiger partial charge is 0.00163 e. The molecule has 0 radical (unpaired) electrons. The van der Waals surface area contributed by atoms with Gasteiger partial charge >= 0.3 is 0 Å². The largest absolute Gasteiger partial charge is 0.306 e. The van der Waals surface area contributed by atoms with Crippen LogP contribution in [0.15, 0.2) is 0 Å². The highest BCUT2D eigenvalue weighted by atomic mass is 15.1. The Morgan fingerprint density at radius 1 is 0.929 bits per heavy atom. The van der Waals surface area contributed by atoms with Gasteiger partial charge in [0, 0.05) is 0 Å². The molecule has 0 saturated carbocycles. The maximum absolute atomic E-state index is 2.46. The fraction of sp³-hybridized carbons (Fsp3) is 1.00. The van der Waals surface area contributed by atoms with Gasteiger partial charge in [0.25, 0.3) is 0 Å². The molecule has 1 heteroatoms. The van der Waals surface area contributed by atoms with Gasteiger partial charge < -0.3 is 4.90 Å². The molecular weight excluding hydrogens is 170 g/mol. The highest BCUT2D eigenvalue weighted by Crippen LogP contribution is 2.44. The molecule has 1 saturated heterocycles. The predicted octanol–water partition coefficient (Wildman–Crippen LogP) is 3.65. The van der Waals surface area contributed by atoms with Gasteiger partial charge in [-0.2, -0.15) is 0 Å². The van der Waals surface area contributed by atoms with Gasteiger partial charge in [-0.05, 0) is 50.2 Å². The Bertz CT molecular complexity index is 143. The van der Waals surface area contributed by atoms with Crippen molar-refractivity contribution in [2.45, 2.75) is 48.0 Å². The third-order valence-corrected chi connectivity index (χ3v) is 4.22. The highest BCUT2D eigenvalue weighted by molar-refractivity contribution is 4.89. The average molecular weight is 199 g/mol. The molecule has 0 aromatic rings. The monoisotopic (exact) mass is 199 g/mol. The first-order valence-corrected chi connectivity index (χ1v) is 5.67. The van der Waals surface area contributed by atoms with Crippen molar-refractivity contribution < 1.29 is 0 Å². The maximum atomic E-state index is 2.46. The molecule has 0 aromatic carbocycles. The van der Waals surface area contributed by atoms with Gasteiger partial charge in [0.15, 0.2) is 0 Å². The van der Waals surface area contributed by atoms with Gasteiger partial charge in [-0.25, -0.2) is 0 Å². The third-order valence-electron chi connectivity index (χ3n) is 4.22. The molecule has 86 valence electrons. The Hall–Kier alpha value is -0.0400. The van der Waals surface area contributed by atoms with Gasteiger partial charge in [0.1, 0.15) is 0 Å². The standard InChI is InChI=1S/C12H25N.CH4/c1-10(2)12(11(3)4)6-8-13(5)9-7-12;/h10-11H,6-9H2,1-5H3;1H4. The molecule has 0 amide bonds.